The Labute approximate surface area is 169 Å². The van der Waals surface area contributed by atoms with Gasteiger partial charge in [0.25, 0.3) is 5.91 Å². The van der Waals surface area contributed by atoms with Gasteiger partial charge in [0.05, 0.1) is 24.1 Å². The molecular formula is C21H26N2O4S. The molecule has 1 aromatic rings. The summed E-state index contributed by atoms with van der Waals surface area (Å²) in [4.78, 5) is 28.8. The van der Waals surface area contributed by atoms with Gasteiger partial charge in [0.2, 0.25) is 5.91 Å². The van der Waals surface area contributed by atoms with Crippen molar-refractivity contribution in [3.05, 3.63) is 34.9 Å². The average Bonchev–Trinajstić information content (AvgIpc) is 3.44. The van der Waals surface area contributed by atoms with Crippen molar-refractivity contribution in [2.75, 3.05) is 38.5 Å². The lowest BCUT2D eigenvalue weighted by Gasteiger charge is -2.47. The molecule has 0 saturated carbocycles. The zero-order valence-electron chi connectivity index (χ0n) is 16.0. The first-order chi connectivity index (χ1) is 13.6. The number of likely N-dealkylation sites (tertiary alicyclic amines) is 2. The fraction of sp³-hybridized carbons (Fsp3) is 0.619. The van der Waals surface area contributed by atoms with E-state index >= 15 is 0 Å². The molecule has 4 aliphatic rings. The molecule has 5 rings (SSSR count). The Kier molecular flexibility index (Phi) is 4.85. The van der Waals surface area contributed by atoms with Gasteiger partial charge >= 0.3 is 0 Å². The van der Waals surface area contributed by atoms with Crippen molar-refractivity contribution < 1.29 is 19.1 Å². The number of nitrogens with zero attached hydrogens (tertiary/aromatic N) is 2. The third-order valence-corrected chi connectivity index (χ3v) is 7.87. The van der Waals surface area contributed by atoms with Crippen LogP contribution in [-0.4, -0.2) is 71.0 Å². The molecule has 7 heteroatoms. The minimum absolute atomic E-state index is 0.106. The van der Waals surface area contributed by atoms with Gasteiger partial charge in [-0.3, -0.25) is 9.59 Å². The van der Waals surface area contributed by atoms with Crippen molar-refractivity contribution in [1.82, 2.24) is 9.80 Å². The highest BCUT2D eigenvalue weighted by Crippen LogP contribution is 2.46. The summed E-state index contributed by atoms with van der Waals surface area (Å²) in [6.07, 6.45) is 3.25. The molecule has 0 N–H and O–H groups in total. The highest BCUT2D eigenvalue weighted by Gasteiger charge is 2.51. The van der Waals surface area contributed by atoms with Crippen LogP contribution in [0.15, 0.2) is 18.2 Å². The lowest BCUT2D eigenvalue weighted by atomic mass is 9.92. The van der Waals surface area contributed by atoms with E-state index in [0.717, 1.165) is 62.3 Å². The molecule has 1 spiro atoms. The van der Waals surface area contributed by atoms with Crippen LogP contribution in [-0.2, 0) is 27.5 Å². The molecule has 1 aromatic carbocycles. The van der Waals surface area contributed by atoms with Gasteiger partial charge in [0.1, 0.15) is 6.61 Å². The Balaban J connectivity index is 1.11. The number of hydrogen-bond donors (Lipinski definition) is 0. The molecule has 3 fully saturated rings. The Morgan fingerprint density at radius 3 is 2.75 bits per heavy atom. The standard InChI is InChI=1S/C21H26N2O4S/c24-19(22-5-1-2-6-22)11-27-18-8-21(28-12-18)13-23(14-21)20(25)15-3-4-16-9-26-10-17(16)7-15/h3-4,7,18H,1-2,5-6,8-14H2/t18-/m1/s1. The van der Waals surface area contributed by atoms with Gasteiger partial charge in [-0.25, -0.2) is 0 Å². The van der Waals surface area contributed by atoms with Gasteiger partial charge in [-0.05, 0) is 42.5 Å². The van der Waals surface area contributed by atoms with Crippen LogP contribution in [0.2, 0.25) is 0 Å². The fourth-order valence-corrected chi connectivity index (χ4v) is 6.21. The monoisotopic (exact) mass is 402 g/mol. The van der Waals surface area contributed by atoms with Crippen LogP contribution in [0.4, 0.5) is 0 Å². The summed E-state index contributed by atoms with van der Waals surface area (Å²) < 4.78 is 11.5. The predicted molar refractivity (Wildman–Crippen MR) is 106 cm³/mol. The van der Waals surface area contributed by atoms with E-state index in [2.05, 4.69) is 0 Å². The molecule has 150 valence electrons. The minimum Gasteiger partial charge on any atom is -0.372 e. The molecule has 28 heavy (non-hydrogen) atoms. The Hall–Kier alpha value is -1.57. The van der Waals surface area contributed by atoms with E-state index in [4.69, 9.17) is 9.47 Å². The zero-order valence-corrected chi connectivity index (χ0v) is 16.8. The second kappa shape index (κ2) is 7.35. The third-order valence-electron chi connectivity index (χ3n) is 6.29. The van der Waals surface area contributed by atoms with Crippen LogP contribution in [0.3, 0.4) is 0 Å². The van der Waals surface area contributed by atoms with Crippen molar-refractivity contribution in [3.63, 3.8) is 0 Å². The minimum atomic E-state index is 0.106. The highest BCUT2D eigenvalue weighted by atomic mass is 32.2. The van der Waals surface area contributed by atoms with Gasteiger partial charge in [0, 0.05) is 37.5 Å². The molecule has 1 atom stereocenters. The molecule has 0 bridgehead atoms. The quantitative estimate of drug-likeness (QED) is 0.772. The van der Waals surface area contributed by atoms with E-state index in [1.807, 2.05) is 39.8 Å². The topological polar surface area (TPSA) is 59.1 Å². The summed E-state index contributed by atoms with van der Waals surface area (Å²) in [5, 5.41) is 0. The lowest BCUT2D eigenvalue weighted by molar-refractivity contribution is -0.136. The van der Waals surface area contributed by atoms with Gasteiger partial charge < -0.3 is 19.3 Å². The van der Waals surface area contributed by atoms with Crippen LogP contribution in [0.5, 0.6) is 0 Å². The number of amides is 2. The van der Waals surface area contributed by atoms with Crippen LogP contribution in [0.25, 0.3) is 0 Å². The maximum atomic E-state index is 12.8. The number of carbonyl (C=O) groups is 2. The maximum absolute atomic E-state index is 12.8. The molecule has 0 unspecified atom stereocenters. The zero-order chi connectivity index (χ0) is 19.1. The van der Waals surface area contributed by atoms with Crippen LogP contribution < -0.4 is 0 Å². The van der Waals surface area contributed by atoms with Crippen molar-refractivity contribution >= 4 is 23.6 Å². The third kappa shape index (κ3) is 3.44. The van der Waals surface area contributed by atoms with E-state index in [9.17, 15) is 9.59 Å². The fourth-order valence-electron chi connectivity index (χ4n) is 4.66. The summed E-state index contributed by atoms with van der Waals surface area (Å²) in [7, 11) is 0. The molecule has 6 nitrogen and oxygen atoms in total. The highest BCUT2D eigenvalue weighted by molar-refractivity contribution is 8.01. The van der Waals surface area contributed by atoms with E-state index in [1.54, 1.807) is 0 Å². The van der Waals surface area contributed by atoms with E-state index in [0.29, 0.717) is 13.2 Å². The smallest absolute Gasteiger partial charge is 0.253 e. The Morgan fingerprint density at radius 2 is 1.93 bits per heavy atom. The summed E-state index contributed by atoms with van der Waals surface area (Å²) >= 11 is 1.90. The summed E-state index contributed by atoms with van der Waals surface area (Å²) in [6.45, 7) is 4.73. The SMILES string of the molecule is O=C(CO[C@H]1CSC2(C1)CN(C(=O)c1ccc3c(c1)COC3)C2)N1CCCC1. The number of benzene rings is 1. The summed E-state index contributed by atoms with van der Waals surface area (Å²) in [5.41, 5.74) is 3.07. The van der Waals surface area contributed by atoms with Crippen LogP contribution in [0, 0.1) is 0 Å². The van der Waals surface area contributed by atoms with E-state index < -0.39 is 0 Å². The Bertz CT molecular complexity index is 787. The number of thioether (sulfide) groups is 1. The number of ether oxygens (including phenoxy) is 2. The molecule has 4 heterocycles. The molecule has 3 saturated heterocycles. The van der Waals surface area contributed by atoms with Crippen molar-refractivity contribution in [2.45, 2.75) is 43.3 Å². The number of fused-ring (bicyclic) bond motifs is 1. The summed E-state index contributed by atoms with van der Waals surface area (Å²) in [6, 6.07) is 5.91. The normalized spacial score (nSPS) is 25.2. The molecule has 0 radical (unpaired) electrons. The molecule has 2 amide bonds. The van der Waals surface area contributed by atoms with Gasteiger partial charge in [0.15, 0.2) is 0 Å². The van der Waals surface area contributed by atoms with Crippen molar-refractivity contribution in [2.24, 2.45) is 0 Å². The van der Waals surface area contributed by atoms with Gasteiger partial charge in [-0.15, -0.1) is 11.8 Å². The largest absolute Gasteiger partial charge is 0.372 e. The second-order valence-electron chi connectivity index (χ2n) is 8.36. The molecule has 4 aliphatic heterocycles. The molecule has 0 aliphatic carbocycles. The summed E-state index contributed by atoms with van der Waals surface area (Å²) in [5.74, 6) is 1.13. The van der Waals surface area contributed by atoms with Crippen molar-refractivity contribution in [3.8, 4) is 0 Å². The predicted octanol–water partition coefficient (Wildman–Crippen LogP) is 2.06. The van der Waals surface area contributed by atoms with E-state index in [1.165, 1.54) is 5.56 Å². The van der Waals surface area contributed by atoms with Crippen LogP contribution in [0.1, 0.15) is 40.7 Å². The van der Waals surface area contributed by atoms with Gasteiger partial charge in [-0.2, -0.15) is 0 Å². The first-order valence-electron chi connectivity index (χ1n) is 10.1. The average molecular weight is 403 g/mol. The first kappa shape index (κ1) is 18.5. The van der Waals surface area contributed by atoms with Crippen LogP contribution >= 0.6 is 11.8 Å². The van der Waals surface area contributed by atoms with E-state index in [-0.39, 0.29) is 29.3 Å². The Morgan fingerprint density at radius 1 is 1.14 bits per heavy atom. The number of carbonyl (C=O) groups excluding carboxylic acids is 2. The van der Waals surface area contributed by atoms with Gasteiger partial charge in [-0.1, -0.05) is 6.07 Å². The van der Waals surface area contributed by atoms with Crippen molar-refractivity contribution in [1.29, 1.82) is 0 Å². The number of hydrogen-bond acceptors (Lipinski definition) is 5. The molecule has 0 aromatic heterocycles. The number of rotatable bonds is 4. The second-order valence-corrected chi connectivity index (χ2v) is 9.84. The first-order valence-corrected chi connectivity index (χ1v) is 11.1. The maximum Gasteiger partial charge on any atom is 0.253 e. The lowest BCUT2D eigenvalue weighted by Crippen LogP contribution is -2.60. The molecular weight excluding hydrogens is 376 g/mol.